The first kappa shape index (κ1) is 17.5. The van der Waals surface area contributed by atoms with Gasteiger partial charge in [-0.05, 0) is 55.5 Å². The minimum atomic E-state index is -0.495. The summed E-state index contributed by atoms with van der Waals surface area (Å²) >= 11 is 6.05. The number of amides is 1. The molecule has 0 atom stereocenters. The quantitative estimate of drug-likeness (QED) is 0.738. The van der Waals surface area contributed by atoms with E-state index < -0.39 is 5.60 Å². The summed E-state index contributed by atoms with van der Waals surface area (Å²) in [6.07, 6.45) is 3.30. The number of hydrogen-bond acceptors (Lipinski definition) is 4. The van der Waals surface area contributed by atoms with Gasteiger partial charge in [-0.2, -0.15) is 0 Å². The summed E-state index contributed by atoms with van der Waals surface area (Å²) < 4.78 is 5.38. The lowest BCUT2D eigenvalue weighted by Gasteiger charge is -2.32. The topological polar surface area (TPSA) is 45.7 Å². The summed E-state index contributed by atoms with van der Waals surface area (Å²) in [6.45, 7) is 6.12. The minimum absolute atomic E-state index is 0.322. The van der Waals surface area contributed by atoms with Crippen LogP contribution in [0.2, 0.25) is 5.15 Å². The number of benzene rings is 1. The minimum Gasteiger partial charge on any atom is -0.443 e. The van der Waals surface area contributed by atoms with Gasteiger partial charge in [0.15, 0.2) is 0 Å². The van der Waals surface area contributed by atoms with Gasteiger partial charge in [0, 0.05) is 37.6 Å². The number of aromatic nitrogens is 1. The number of rotatable bonds is 2. The molecule has 132 valence electrons. The molecule has 5 nitrogen and oxygen atoms in total. The molecule has 2 aromatic rings. The zero-order chi connectivity index (χ0) is 18.4. The first-order valence-corrected chi connectivity index (χ1v) is 8.49. The Kier molecular flexibility index (Phi) is 4.37. The fraction of sp³-hybridized carbons (Fsp3) is 0.368. The van der Waals surface area contributed by atoms with Crippen LogP contribution in [0, 0.1) is 0 Å². The molecule has 0 N–H and O–H groups in total. The molecule has 0 unspecified atom stereocenters. The highest BCUT2D eigenvalue weighted by atomic mass is 35.5. The summed E-state index contributed by atoms with van der Waals surface area (Å²) in [5.41, 5.74) is 2.72. The molecule has 6 heteroatoms. The van der Waals surface area contributed by atoms with Gasteiger partial charge in [0.2, 0.25) is 0 Å². The SMILES string of the molecule is CN(C)c1cc(C2=CN(C(=O)OC(C)(C)C)C2)cc2cc(Cl)ncc12. The molecule has 25 heavy (non-hydrogen) atoms. The molecule has 1 aliphatic rings. The van der Waals surface area contributed by atoms with Crippen LogP contribution in [-0.4, -0.2) is 42.2 Å². The summed E-state index contributed by atoms with van der Waals surface area (Å²) in [5.74, 6) is 0. The summed E-state index contributed by atoms with van der Waals surface area (Å²) in [4.78, 5) is 19.9. The highest BCUT2D eigenvalue weighted by molar-refractivity contribution is 6.30. The molecule has 0 saturated carbocycles. The molecule has 0 bridgehead atoms. The number of carbonyl (C=O) groups excluding carboxylic acids is 1. The Bertz CT molecular complexity index is 869. The van der Waals surface area contributed by atoms with Gasteiger partial charge in [-0.25, -0.2) is 9.78 Å². The zero-order valence-electron chi connectivity index (χ0n) is 15.1. The number of ether oxygens (including phenoxy) is 1. The van der Waals surface area contributed by atoms with Gasteiger partial charge >= 0.3 is 6.09 Å². The van der Waals surface area contributed by atoms with Crippen LogP contribution >= 0.6 is 11.6 Å². The molecule has 0 saturated heterocycles. The van der Waals surface area contributed by atoms with Gasteiger partial charge in [-0.15, -0.1) is 0 Å². The van der Waals surface area contributed by atoms with E-state index >= 15 is 0 Å². The van der Waals surface area contributed by atoms with Crippen LogP contribution < -0.4 is 4.90 Å². The summed E-state index contributed by atoms with van der Waals surface area (Å²) in [7, 11) is 3.99. The van der Waals surface area contributed by atoms with Crippen molar-refractivity contribution in [2.75, 3.05) is 25.5 Å². The zero-order valence-corrected chi connectivity index (χ0v) is 15.9. The molecule has 0 spiro atoms. The lowest BCUT2D eigenvalue weighted by atomic mass is 9.97. The van der Waals surface area contributed by atoms with Gasteiger partial charge in [-0.1, -0.05) is 11.6 Å². The van der Waals surface area contributed by atoms with Crippen LogP contribution in [0.15, 0.2) is 30.6 Å². The molecule has 0 fully saturated rings. The Morgan fingerprint density at radius 3 is 2.56 bits per heavy atom. The van der Waals surface area contributed by atoms with Gasteiger partial charge in [-0.3, -0.25) is 4.90 Å². The Labute approximate surface area is 152 Å². The van der Waals surface area contributed by atoms with Crippen LogP contribution in [0.4, 0.5) is 10.5 Å². The monoisotopic (exact) mass is 359 g/mol. The lowest BCUT2D eigenvalue weighted by molar-refractivity contribution is 0.0334. The third-order valence-corrected chi connectivity index (χ3v) is 4.12. The first-order valence-electron chi connectivity index (χ1n) is 8.11. The van der Waals surface area contributed by atoms with E-state index in [0.29, 0.717) is 11.7 Å². The van der Waals surface area contributed by atoms with E-state index in [1.165, 1.54) is 0 Å². The van der Waals surface area contributed by atoms with E-state index in [1.54, 1.807) is 11.1 Å². The van der Waals surface area contributed by atoms with E-state index in [2.05, 4.69) is 17.1 Å². The highest BCUT2D eigenvalue weighted by Crippen LogP contribution is 2.34. The second-order valence-corrected chi connectivity index (χ2v) is 7.77. The molecule has 1 aliphatic heterocycles. The standard InChI is InChI=1S/C19H22ClN3O2/c1-19(2,3)25-18(24)23-10-14(11-23)12-6-13-8-17(20)21-9-15(13)16(7-12)22(4)5/h6-10H,11H2,1-5H3. The smallest absolute Gasteiger partial charge is 0.414 e. The van der Waals surface area contributed by atoms with Crippen LogP contribution in [-0.2, 0) is 4.74 Å². The number of nitrogens with zero attached hydrogens (tertiary/aromatic N) is 3. The second-order valence-electron chi connectivity index (χ2n) is 7.38. The predicted octanol–water partition coefficient (Wildman–Crippen LogP) is 4.55. The van der Waals surface area contributed by atoms with Crippen molar-refractivity contribution >= 4 is 39.7 Å². The number of hydrogen-bond donors (Lipinski definition) is 0. The van der Waals surface area contributed by atoms with Crippen LogP contribution in [0.25, 0.3) is 16.3 Å². The molecular formula is C19H22ClN3O2. The van der Waals surface area contributed by atoms with Crippen LogP contribution in [0.5, 0.6) is 0 Å². The molecule has 0 aliphatic carbocycles. The van der Waals surface area contributed by atoms with Gasteiger partial charge < -0.3 is 9.64 Å². The van der Waals surface area contributed by atoms with Gasteiger partial charge in [0.25, 0.3) is 0 Å². The Balaban J connectivity index is 1.93. The molecule has 0 radical (unpaired) electrons. The Hall–Kier alpha value is -2.27. The van der Waals surface area contributed by atoms with Crippen molar-refractivity contribution in [3.05, 3.63) is 41.3 Å². The van der Waals surface area contributed by atoms with Crippen molar-refractivity contribution in [3.63, 3.8) is 0 Å². The van der Waals surface area contributed by atoms with Crippen molar-refractivity contribution in [1.82, 2.24) is 9.88 Å². The van der Waals surface area contributed by atoms with Crippen molar-refractivity contribution in [3.8, 4) is 0 Å². The lowest BCUT2D eigenvalue weighted by Crippen LogP contribution is -2.39. The summed E-state index contributed by atoms with van der Waals surface area (Å²) in [6, 6.07) is 6.04. The number of pyridine rings is 1. The van der Waals surface area contributed by atoms with Crippen molar-refractivity contribution in [1.29, 1.82) is 0 Å². The van der Waals surface area contributed by atoms with Gasteiger partial charge in [0.1, 0.15) is 10.8 Å². The third-order valence-electron chi connectivity index (χ3n) is 3.91. The fourth-order valence-electron chi connectivity index (χ4n) is 2.72. The van der Waals surface area contributed by atoms with E-state index in [0.717, 1.165) is 27.6 Å². The first-order chi connectivity index (χ1) is 11.6. The average molecular weight is 360 g/mol. The molecule has 1 aromatic heterocycles. The van der Waals surface area contributed by atoms with Crippen molar-refractivity contribution in [2.45, 2.75) is 26.4 Å². The number of anilines is 1. The molecule has 2 heterocycles. The van der Waals surface area contributed by atoms with Crippen LogP contribution in [0.3, 0.4) is 0 Å². The predicted molar refractivity (Wildman–Crippen MR) is 102 cm³/mol. The van der Waals surface area contributed by atoms with E-state index in [9.17, 15) is 4.79 Å². The Morgan fingerprint density at radius 2 is 1.96 bits per heavy atom. The van der Waals surface area contributed by atoms with E-state index in [4.69, 9.17) is 16.3 Å². The summed E-state index contributed by atoms with van der Waals surface area (Å²) in [5, 5.41) is 2.53. The maximum atomic E-state index is 12.1. The number of carbonyl (C=O) groups is 1. The van der Waals surface area contributed by atoms with Crippen molar-refractivity contribution in [2.24, 2.45) is 0 Å². The second kappa shape index (κ2) is 6.23. The van der Waals surface area contributed by atoms with E-state index in [1.807, 2.05) is 52.0 Å². The maximum Gasteiger partial charge on any atom is 0.414 e. The highest BCUT2D eigenvalue weighted by Gasteiger charge is 2.28. The molecule has 1 amide bonds. The third kappa shape index (κ3) is 3.71. The molecular weight excluding hydrogens is 338 g/mol. The van der Waals surface area contributed by atoms with Crippen molar-refractivity contribution < 1.29 is 9.53 Å². The molecule has 3 rings (SSSR count). The number of halogens is 1. The molecule has 1 aromatic carbocycles. The maximum absolute atomic E-state index is 12.1. The Morgan fingerprint density at radius 1 is 1.28 bits per heavy atom. The normalized spacial score (nSPS) is 14.2. The van der Waals surface area contributed by atoms with E-state index in [-0.39, 0.29) is 6.09 Å². The average Bonchev–Trinajstić information content (AvgIpc) is 2.42. The largest absolute Gasteiger partial charge is 0.443 e. The fourth-order valence-corrected chi connectivity index (χ4v) is 2.88. The van der Waals surface area contributed by atoms with Crippen LogP contribution in [0.1, 0.15) is 26.3 Å². The van der Waals surface area contributed by atoms with Gasteiger partial charge in [0.05, 0.1) is 6.54 Å². The number of fused-ring (bicyclic) bond motifs is 1.